The van der Waals surface area contributed by atoms with E-state index in [4.69, 9.17) is 0 Å². The normalized spacial score (nSPS) is 11.6. The summed E-state index contributed by atoms with van der Waals surface area (Å²) in [5, 5.41) is 9.73. The van der Waals surface area contributed by atoms with Gasteiger partial charge in [-0.3, -0.25) is 0 Å². The summed E-state index contributed by atoms with van der Waals surface area (Å²) in [5.74, 6) is 0. The van der Waals surface area contributed by atoms with Crippen LogP contribution in [0.15, 0.2) is 48.2 Å². The molecule has 92 valence electrons. The van der Waals surface area contributed by atoms with Crippen molar-refractivity contribution < 1.29 is 5.11 Å². The van der Waals surface area contributed by atoms with Gasteiger partial charge in [-0.15, -0.1) is 5.73 Å². The lowest BCUT2D eigenvalue weighted by Gasteiger charge is -2.03. The van der Waals surface area contributed by atoms with Crippen LogP contribution in [0.5, 0.6) is 0 Å². The molecule has 1 aromatic rings. The fraction of sp³-hybridized carbons (Fsp3) is 0.438. The summed E-state index contributed by atoms with van der Waals surface area (Å²) in [7, 11) is 0. The zero-order chi connectivity index (χ0) is 12.3. The SMILES string of the molecule is CCCCC=C=CC(O)CCc1ccccc1. The third-order valence-corrected chi connectivity index (χ3v) is 2.68. The van der Waals surface area contributed by atoms with Gasteiger partial charge in [0, 0.05) is 0 Å². The highest BCUT2D eigenvalue weighted by molar-refractivity contribution is 5.14. The summed E-state index contributed by atoms with van der Waals surface area (Å²) >= 11 is 0. The largest absolute Gasteiger partial charge is 0.388 e. The van der Waals surface area contributed by atoms with Gasteiger partial charge in [-0.05, 0) is 43.4 Å². The Bertz CT molecular complexity index is 347. The fourth-order valence-electron chi connectivity index (χ4n) is 1.61. The van der Waals surface area contributed by atoms with Crippen molar-refractivity contribution in [3.63, 3.8) is 0 Å². The molecule has 0 spiro atoms. The van der Waals surface area contributed by atoms with E-state index >= 15 is 0 Å². The first-order chi connectivity index (χ1) is 8.33. The van der Waals surface area contributed by atoms with Crippen LogP contribution in [0.2, 0.25) is 0 Å². The first kappa shape index (κ1) is 13.8. The van der Waals surface area contributed by atoms with Gasteiger partial charge in [0.05, 0.1) is 6.10 Å². The molecule has 0 saturated carbocycles. The Balaban J connectivity index is 2.25. The van der Waals surface area contributed by atoms with Gasteiger partial charge in [0.2, 0.25) is 0 Å². The highest BCUT2D eigenvalue weighted by Gasteiger charge is 1.99. The number of aryl methyl sites for hydroxylation is 1. The zero-order valence-electron chi connectivity index (χ0n) is 10.6. The third-order valence-electron chi connectivity index (χ3n) is 2.68. The fourth-order valence-corrected chi connectivity index (χ4v) is 1.61. The molecule has 1 heteroatoms. The lowest BCUT2D eigenvalue weighted by Crippen LogP contribution is -2.03. The molecule has 0 heterocycles. The molecule has 0 aromatic heterocycles. The lowest BCUT2D eigenvalue weighted by molar-refractivity contribution is 0.213. The number of rotatable bonds is 7. The van der Waals surface area contributed by atoms with Gasteiger partial charge >= 0.3 is 0 Å². The molecule has 1 nitrogen and oxygen atoms in total. The molecule has 1 rings (SSSR count). The molecule has 0 aliphatic rings. The summed E-state index contributed by atoms with van der Waals surface area (Å²) in [4.78, 5) is 0. The molecular weight excluding hydrogens is 208 g/mol. The van der Waals surface area contributed by atoms with Crippen molar-refractivity contribution in [3.8, 4) is 0 Å². The van der Waals surface area contributed by atoms with Gasteiger partial charge in [0.1, 0.15) is 0 Å². The number of benzene rings is 1. The highest BCUT2D eigenvalue weighted by Crippen LogP contribution is 2.05. The predicted molar refractivity (Wildman–Crippen MR) is 72.9 cm³/mol. The first-order valence-corrected chi connectivity index (χ1v) is 6.46. The van der Waals surface area contributed by atoms with Crippen LogP contribution in [0, 0.1) is 0 Å². The number of aliphatic hydroxyl groups excluding tert-OH is 1. The van der Waals surface area contributed by atoms with E-state index < -0.39 is 0 Å². The average molecular weight is 230 g/mol. The Kier molecular flexibility index (Phi) is 7.13. The average Bonchev–Trinajstić information content (AvgIpc) is 2.37. The summed E-state index contributed by atoms with van der Waals surface area (Å²) in [5.41, 5.74) is 4.33. The van der Waals surface area contributed by atoms with Crippen molar-refractivity contribution in [3.05, 3.63) is 53.8 Å². The van der Waals surface area contributed by atoms with E-state index in [1.54, 1.807) is 6.08 Å². The summed E-state index contributed by atoms with van der Waals surface area (Å²) < 4.78 is 0. The molecule has 1 atom stereocenters. The van der Waals surface area contributed by atoms with Crippen molar-refractivity contribution in [1.29, 1.82) is 0 Å². The molecule has 1 aromatic carbocycles. The Hall–Kier alpha value is -1.30. The zero-order valence-corrected chi connectivity index (χ0v) is 10.6. The number of unbranched alkanes of at least 4 members (excludes halogenated alkanes) is 2. The standard InChI is InChI=1S/C16H22O/c1-2-3-4-5-9-12-16(17)14-13-15-10-7-6-8-11-15/h5-8,10-12,16-17H,2-4,13-14H2,1H3. The van der Waals surface area contributed by atoms with Crippen molar-refractivity contribution >= 4 is 0 Å². The predicted octanol–water partition coefficient (Wildman–Crippen LogP) is 3.88. The van der Waals surface area contributed by atoms with Gasteiger partial charge in [-0.25, -0.2) is 0 Å². The van der Waals surface area contributed by atoms with Crippen LogP contribution in [0.25, 0.3) is 0 Å². The minimum atomic E-state index is -0.381. The van der Waals surface area contributed by atoms with E-state index in [-0.39, 0.29) is 6.10 Å². The summed E-state index contributed by atoms with van der Waals surface area (Å²) in [6, 6.07) is 10.3. The quantitative estimate of drug-likeness (QED) is 0.556. The van der Waals surface area contributed by atoms with Gasteiger partial charge in [0.25, 0.3) is 0 Å². The summed E-state index contributed by atoms with van der Waals surface area (Å²) in [6.07, 6.45) is 8.52. The lowest BCUT2D eigenvalue weighted by atomic mass is 10.1. The molecule has 0 bridgehead atoms. The molecule has 1 unspecified atom stereocenters. The smallest absolute Gasteiger partial charge is 0.0797 e. The molecule has 1 N–H and O–H groups in total. The second kappa shape index (κ2) is 8.81. The van der Waals surface area contributed by atoms with Crippen LogP contribution in [0.3, 0.4) is 0 Å². The Labute approximate surface area is 104 Å². The molecule has 0 aliphatic heterocycles. The Morgan fingerprint density at radius 2 is 2.06 bits per heavy atom. The summed E-state index contributed by atoms with van der Waals surface area (Å²) in [6.45, 7) is 2.17. The van der Waals surface area contributed by atoms with Crippen LogP contribution >= 0.6 is 0 Å². The van der Waals surface area contributed by atoms with Crippen LogP contribution in [-0.2, 0) is 6.42 Å². The van der Waals surface area contributed by atoms with Crippen molar-refractivity contribution in [2.75, 3.05) is 0 Å². The first-order valence-electron chi connectivity index (χ1n) is 6.46. The maximum Gasteiger partial charge on any atom is 0.0797 e. The molecule has 0 fully saturated rings. The molecular formula is C16H22O. The maximum atomic E-state index is 9.73. The maximum absolute atomic E-state index is 9.73. The monoisotopic (exact) mass is 230 g/mol. The van der Waals surface area contributed by atoms with E-state index in [1.165, 1.54) is 18.4 Å². The Morgan fingerprint density at radius 1 is 1.29 bits per heavy atom. The van der Waals surface area contributed by atoms with E-state index in [0.29, 0.717) is 0 Å². The molecule has 0 radical (unpaired) electrons. The minimum Gasteiger partial charge on any atom is -0.388 e. The molecule has 17 heavy (non-hydrogen) atoms. The molecule has 0 aliphatic carbocycles. The molecule has 0 saturated heterocycles. The van der Waals surface area contributed by atoms with Crippen LogP contribution < -0.4 is 0 Å². The number of hydrogen-bond donors (Lipinski definition) is 1. The number of hydrogen-bond acceptors (Lipinski definition) is 1. The van der Waals surface area contributed by atoms with E-state index in [1.807, 2.05) is 24.3 Å². The van der Waals surface area contributed by atoms with Crippen molar-refractivity contribution in [2.24, 2.45) is 0 Å². The van der Waals surface area contributed by atoms with E-state index in [2.05, 4.69) is 24.8 Å². The second-order valence-electron chi connectivity index (χ2n) is 4.27. The third kappa shape index (κ3) is 6.78. The molecule has 0 amide bonds. The van der Waals surface area contributed by atoms with Crippen LogP contribution in [-0.4, -0.2) is 11.2 Å². The van der Waals surface area contributed by atoms with Crippen LogP contribution in [0.1, 0.15) is 38.2 Å². The van der Waals surface area contributed by atoms with Gasteiger partial charge in [0.15, 0.2) is 0 Å². The highest BCUT2D eigenvalue weighted by atomic mass is 16.3. The van der Waals surface area contributed by atoms with Crippen molar-refractivity contribution in [1.82, 2.24) is 0 Å². The second-order valence-corrected chi connectivity index (χ2v) is 4.27. The van der Waals surface area contributed by atoms with E-state index in [9.17, 15) is 5.11 Å². The number of aliphatic hydroxyl groups is 1. The van der Waals surface area contributed by atoms with E-state index in [0.717, 1.165) is 19.3 Å². The topological polar surface area (TPSA) is 20.2 Å². The van der Waals surface area contributed by atoms with Crippen molar-refractivity contribution in [2.45, 2.75) is 45.1 Å². The minimum absolute atomic E-state index is 0.381. The Morgan fingerprint density at radius 3 is 2.76 bits per heavy atom. The van der Waals surface area contributed by atoms with Gasteiger partial charge in [-0.2, -0.15) is 0 Å². The van der Waals surface area contributed by atoms with Crippen LogP contribution in [0.4, 0.5) is 0 Å². The van der Waals surface area contributed by atoms with Gasteiger partial charge < -0.3 is 5.11 Å². The van der Waals surface area contributed by atoms with Gasteiger partial charge in [-0.1, -0.05) is 43.7 Å².